The molecule has 1 rings (SSSR count). The Kier molecular flexibility index (Phi) is 2.23. The van der Waals surface area contributed by atoms with Crippen LogP contribution in [-0.2, 0) is 0 Å². The first-order chi connectivity index (χ1) is 5.58. The number of nitrogens with two attached hydrogens (primary N) is 1. The van der Waals surface area contributed by atoms with E-state index >= 15 is 0 Å². The zero-order chi connectivity index (χ0) is 9.14. The molecule has 0 atom stereocenters. The second kappa shape index (κ2) is 3.17. The van der Waals surface area contributed by atoms with Crippen molar-refractivity contribution in [2.75, 3.05) is 5.32 Å². The second-order valence-electron chi connectivity index (χ2n) is 2.15. The van der Waals surface area contributed by atoms with E-state index in [0.29, 0.717) is 6.07 Å². The third-order valence-electron chi connectivity index (χ3n) is 1.13. The number of primary amides is 1. The molecule has 1 aromatic carbocycles. The second-order valence-corrected chi connectivity index (χ2v) is 2.15. The van der Waals surface area contributed by atoms with Gasteiger partial charge in [0.15, 0.2) is 0 Å². The number of carbonyl (C=O) groups is 1. The lowest BCUT2D eigenvalue weighted by atomic mass is 10.3. The number of amides is 2. The van der Waals surface area contributed by atoms with Gasteiger partial charge in [-0.15, -0.1) is 0 Å². The molecular weight excluding hydrogens is 166 g/mol. The zero-order valence-electron chi connectivity index (χ0n) is 5.97. The summed E-state index contributed by atoms with van der Waals surface area (Å²) in [6.07, 6.45) is 0. The highest BCUT2D eigenvalue weighted by Gasteiger charge is 2.01. The minimum absolute atomic E-state index is 0.000000000000000444. The average Bonchev–Trinajstić information content (AvgIpc) is 1.81. The molecule has 64 valence electrons. The molecule has 0 saturated carbocycles. The molecule has 0 aliphatic carbocycles. The van der Waals surface area contributed by atoms with Crippen LogP contribution >= 0.6 is 0 Å². The number of nitrogens with one attached hydrogen (secondary N) is 1. The first-order valence-electron chi connectivity index (χ1n) is 3.10. The highest BCUT2D eigenvalue weighted by Crippen LogP contribution is 2.11. The molecule has 0 heterocycles. The number of rotatable bonds is 1. The molecular formula is C7H6F2N2O. The SMILES string of the molecule is NC(=O)Nc1cc(F)cc(F)c1. The Morgan fingerprint density at radius 1 is 1.25 bits per heavy atom. The molecule has 0 aliphatic rings. The van der Waals surface area contributed by atoms with Gasteiger partial charge in [0.2, 0.25) is 0 Å². The Balaban J connectivity index is 2.93. The van der Waals surface area contributed by atoms with Gasteiger partial charge in [-0.3, -0.25) is 0 Å². The molecule has 0 aliphatic heterocycles. The van der Waals surface area contributed by atoms with Gasteiger partial charge in [0.25, 0.3) is 0 Å². The summed E-state index contributed by atoms with van der Waals surface area (Å²) in [5.74, 6) is -1.53. The van der Waals surface area contributed by atoms with E-state index in [0.717, 1.165) is 12.1 Å². The number of anilines is 1. The van der Waals surface area contributed by atoms with Crippen LogP contribution in [0.5, 0.6) is 0 Å². The van der Waals surface area contributed by atoms with E-state index in [4.69, 9.17) is 5.73 Å². The van der Waals surface area contributed by atoms with Gasteiger partial charge in [0.1, 0.15) is 11.6 Å². The Bertz CT molecular complexity index is 294. The lowest BCUT2D eigenvalue weighted by Crippen LogP contribution is -2.19. The van der Waals surface area contributed by atoms with E-state index < -0.39 is 17.7 Å². The minimum atomic E-state index is -0.861. The van der Waals surface area contributed by atoms with Crippen LogP contribution in [0.1, 0.15) is 0 Å². The monoisotopic (exact) mass is 172 g/mol. The summed E-state index contributed by atoms with van der Waals surface area (Å²) in [7, 11) is 0. The third kappa shape index (κ3) is 2.19. The highest BCUT2D eigenvalue weighted by atomic mass is 19.1. The first kappa shape index (κ1) is 8.45. The molecule has 3 N–H and O–H groups in total. The van der Waals surface area contributed by atoms with E-state index in [1.54, 1.807) is 0 Å². The van der Waals surface area contributed by atoms with E-state index in [1.165, 1.54) is 0 Å². The van der Waals surface area contributed by atoms with Crippen molar-refractivity contribution in [2.24, 2.45) is 5.73 Å². The summed E-state index contributed by atoms with van der Waals surface area (Å²) in [6.45, 7) is 0. The lowest BCUT2D eigenvalue weighted by Gasteiger charge is -2.00. The quantitative estimate of drug-likeness (QED) is 0.661. The molecule has 0 saturated heterocycles. The number of hydrogen-bond donors (Lipinski definition) is 2. The molecule has 0 spiro atoms. The van der Waals surface area contributed by atoms with Crippen LogP contribution in [0.25, 0.3) is 0 Å². The summed E-state index contributed by atoms with van der Waals surface area (Å²) in [5, 5.41) is 2.05. The van der Waals surface area contributed by atoms with Gasteiger partial charge in [0.05, 0.1) is 0 Å². The van der Waals surface area contributed by atoms with Gasteiger partial charge < -0.3 is 11.1 Å². The van der Waals surface area contributed by atoms with Gasteiger partial charge in [-0.25, -0.2) is 13.6 Å². The standard InChI is InChI=1S/C7H6F2N2O/c8-4-1-5(9)3-6(2-4)11-7(10)12/h1-3H,(H3,10,11,12). The molecule has 0 bridgehead atoms. The van der Waals surface area contributed by atoms with E-state index in [-0.39, 0.29) is 5.69 Å². The average molecular weight is 172 g/mol. The summed E-state index contributed by atoms with van der Waals surface area (Å²) in [4.78, 5) is 10.3. The fourth-order valence-electron chi connectivity index (χ4n) is 0.768. The molecule has 1 aromatic rings. The normalized spacial score (nSPS) is 9.50. The van der Waals surface area contributed by atoms with Crippen molar-refractivity contribution in [3.8, 4) is 0 Å². The van der Waals surface area contributed by atoms with Crippen molar-refractivity contribution >= 4 is 11.7 Å². The summed E-state index contributed by atoms with van der Waals surface area (Å²) in [5.41, 5.74) is 4.73. The predicted octanol–water partition coefficient (Wildman–Crippen LogP) is 1.46. The first-order valence-corrected chi connectivity index (χ1v) is 3.10. The molecule has 0 radical (unpaired) electrons. The van der Waals surface area contributed by atoms with Crippen LogP contribution < -0.4 is 11.1 Å². The number of carbonyl (C=O) groups excluding carboxylic acids is 1. The fourth-order valence-corrected chi connectivity index (χ4v) is 0.768. The molecule has 5 heteroatoms. The Hall–Kier alpha value is -1.65. The van der Waals surface area contributed by atoms with Crippen LogP contribution in [0.15, 0.2) is 18.2 Å². The smallest absolute Gasteiger partial charge is 0.316 e. The third-order valence-corrected chi connectivity index (χ3v) is 1.13. The fraction of sp³-hybridized carbons (Fsp3) is 0. The minimum Gasteiger partial charge on any atom is -0.351 e. The van der Waals surface area contributed by atoms with Gasteiger partial charge in [-0.05, 0) is 12.1 Å². The molecule has 0 aromatic heterocycles. The number of hydrogen-bond acceptors (Lipinski definition) is 1. The van der Waals surface area contributed by atoms with Gasteiger partial charge in [0, 0.05) is 11.8 Å². The maximum Gasteiger partial charge on any atom is 0.316 e. The summed E-state index contributed by atoms with van der Waals surface area (Å²) >= 11 is 0. The van der Waals surface area contributed by atoms with Gasteiger partial charge >= 0.3 is 6.03 Å². The molecule has 3 nitrogen and oxygen atoms in total. The molecule has 0 unspecified atom stereocenters. The highest BCUT2D eigenvalue weighted by molar-refractivity contribution is 5.87. The van der Waals surface area contributed by atoms with Gasteiger partial charge in [-0.1, -0.05) is 0 Å². The van der Waals surface area contributed by atoms with Crippen LogP contribution in [-0.4, -0.2) is 6.03 Å². The van der Waals surface area contributed by atoms with Crippen molar-refractivity contribution in [1.82, 2.24) is 0 Å². The van der Waals surface area contributed by atoms with Crippen molar-refractivity contribution < 1.29 is 13.6 Å². The topological polar surface area (TPSA) is 55.1 Å². The Labute approximate surface area is 67.2 Å². The largest absolute Gasteiger partial charge is 0.351 e. The zero-order valence-corrected chi connectivity index (χ0v) is 5.97. The van der Waals surface area contributed by atoms with Crippen molar-refractivity contribution in [2.45, 2.75) is 0 Å². The van der Waals surface area contributed by atoms with Crippen molar-refractivity contribution in [3.63, 3.8) is 0 Å². The maximum atomic E-state index is 12.4. The van der Waals surface area contributed by atoms with Crippen LogP contribution in [0.3, 0.4) is 0 Å². The molecule has 12 heavy (non-hydrogen) atoms. The van der Waals surface area contributed by atoms with E-state index in [9.17, 15) is 13.6 Å². The van der Waals surface area contributed by atoms with Crippen molar-refractivity contribution in [3.05, 3.63) is 29.8 Å². The molecule has 0 fully saturated rings. The van der Waals surface area contributed by atoms with Crippen LogP contribution in [0.4, 0.5) is 19.3 Å². The van der Waals surface area contributed by atoms with E-state index in [1.807, 2.05) is 5.32 Å². The number of halogens is 2. The number of urea groups is 1. The Morgan fingerprint density at radius 3 is 2.17 bits per heavy atom. The predicted molar refractivity (Wildman–Crippen MR) is 39.6 cm³/mol. The Morgan fingerprint density at radius 2 is 1.75 bits per heavy atom. The van der Waals surface area contributed by atoms with Crippen LogP contribution in [0, 0.1) is 11.6 Å². The van der Waals surface area contributed by atoms with Crippen molar-refractivity contribution in [1.29, 1.82) is 0 Å². The van der Waals surface area contributed by atoms with Gasteiger partial charge in [-0.2, -0.15) is 0 Å². The van der Waals surface area contributed by atoms with Crippen LogP contribution in [0.2, 0.25) is 0 Å². The van der Waals surface area contributed by atoms with E-state index in [2.05, 4.69) is 0 Å². The number of benzene rings is 1. The summed E-state index contributed by atoms with van der Waals surface area (Å²) in [6, 6.07) is 1.77. The summed E-state index contributed by atoms with van der Waals surface area (Å²) < 4.78 is 24.9. The molecule has 2 amide bonds. The lowest BCUT2D eigenvalue weighted by molar-refractivity contribution is 0.259. The maximum absolute atomic E-state index is 12.4.